The van der Waals surface area contributed by atoms with E-state index in [1.807, 2.05) is 0 Å². The summed E-state index contributed by atoms with van der Waals surface area (Å²) in [6.45, 7) is 4.49. The largest absolute Gasteiger partial charge is 0.468 e. The van der Waals surface area contributed by atoms with Crippen LogP contribution in [0.1, 0.15) is 33.1 Å². The summed E-state index contributed by atoms with van der Waals surface area (Å²) < 4.78 is 5.88. The lowest BCUT2D eigenvalue weighted by Gasteiger charge is -2.11. The van der Waals surface area contributed by atoms with E-state index in [4.69, 9.17) is 0 Å². The lowest BCUT2D eigenvalue weighted by molar-refractivity contribution is -0.141. The fraction of sp³-hybridized carbons (Fsp3) is 0.750. The molecular formula is C12H21N5O3S. The van der Waals surface area contributed by atoms with Crippen molar-refractivity contribution < 1.29 is 14.3 Å². The normalized spacial score (nSPS) is 12.0. The number of rotatable bonds is 9. The van der Waals surface area contributed by atoms with Gasteiger partial charge in [0.2, 0.25) is 11.1 Å². The third-order valence-electron chi connectivity index (χ3n) is 2.74. The molecule has 21 heavy (non-hydrogen) atoms. The van der Waals surface area contributed by atoms with Gasteiger partial charge < -0.3 is 10.1 Å². The molecule has 0 radical (unpaired) electrons. The summed E-state index contributed by atoms with van der Waals surface area (Å²) in [5, 5.41) is 14.0. The van der Waals surface area contributed by atoms with Gasteiger partial charge in [-0.3, -0.25) is 9.59 Å². The predicted octanol–water partition coefficient (Wildman–Crippen LogP) is 0.633. The zero-order valence-electron chi connectivity index (χ0n) is 12.5. The Balaban J connectivity index is 2.47. The number of methoxy groups -OCH3 is 1. The molecule has 0 spiro atoms. The Labute approximate surface area is 128 Å². The van der Waals surface area contributed by atoms with Gasteiger partial charge in [-0.1, -0.05) is 31.5 Å². The summed E-state index contributed by atoms with van der Waals surface area (Å²) in [7, 11) is 1.30. The Morgan fingerprint density at radius 1 is 1.43 bits per heavy atom. The Hall–Kier alpha value is -1.64. The van der Waals surface area contributed by atoms with Crippen LogP contribution < -0.4 is 5.32 Å². The average molecular weight is 315 g/mol. The minimum Gasteiger partial charge on any atom is -0.468 e. The molecule has 0 bridgehead atoms. The maximum absolute atomic E-state index is 11.9. The second kappa shape index (κ2) is 9.32. The lowest BCUT2D eigenvalue weighted by atomic mass is 10.2. The fourth-order valence-electron chi connectivity index (χ4n) is 1.51. The van der Waals surface area contributed by atoms with Crippen molar-refractivity contribution in [3.05, 3.63) is 0 Å². The van der Waals surface area contributed by atoms with E-state index in [1.165, 1.54) is 23.6 Å². The van der Waals surface area contributed by atoms with E-state index in [0.29, 0.717) is 11.7 Å². The Kier molecular flexibility index (Phi) is 7.73. The third-order valence-corrected chi connectivity index (χ3v) is 3.81. The minimum absolute atomic E-state index is 0.0660. The van der Waals surface area contributed by atoms with Crippen LogP contribution in [0.3, 0.4) is 0 Å². The molecule has 0 aliphatic carbocycles. The van der Waals surface area contributed by atoms with E-state index in [0.717, 1.165) is 19.3 Å². The van der Waals surface area contributed by atoms with E-state index in [1.54, 1.807) is 6.92 Å². The number of nitrogens with zero attached hydrogens (tertiary/aromatic N) is 4. The van der Waals surface area contributed by atoms with Crippen LogP contribution in [0.15, 0.2) is 5.16 Å². The molecule has 0 saturated carbocycles. The predicted molar refractivity (Wildman–Crippen MR) is 77.7 cm³/mol. The van der Waals surface area contributed by atoms with Crippen molar-refractivity contribution in [3.63, 3.8) is 0 Å². The Bertz CT molecular complexity index is 466. The van der Waals surface area contributed by atoms with Crippen LogP contribution in [-0.4, -0.2) is 51.0 Å². The molecule has 0 fully saturated rings. The number of unbranched alkanes of at least 4 members (excludes halogenated alkanes) is 2. The summed E-state index contributed by atoms with van der Waals surface area (Å²) in [6.07, 6.45) is 3.18. The molecule has 1 atom stereocenters. The molecule has 0 aliphatic heterocycles. The number of nitrogens with one attached hydrogen (secondary N) is 1. The second-order valence-corrected chi connectivity index (χ2v) is 5.76. The fourth-order valence-corrected chi connectivity index (χ4v) is 2.32. The maximum Gasteiger partial charge on any atom is 0.327 e. The lowest BCUT2D eigenvalue weighted by Crippen LogP contribution is -2.32. The summed E-state index contributed by atoms with van der Waals surface area (Å²) in [5.74, 6) is -0.510. The topological polar surface area (TPSA) is 99.0 Å². The molecule has 1 aromatic heterocycles. The van der Waals surface area contributed by atoms with Gasteiger partial charge in [0.1, 0.15) is 6.54 Å². The summed E-state index contributed by atoms with van der Waals surface area (Å²) >= 11 is 1.21. The minimum atomic E-state index is -0.444. The molecule has 0 aromatic carbocycles. The highest BCUT2D eigenvalue weighted by molar-refractivity contribution is 8.00. The van der Waals surface area contributed by atoms with Crippen molar-refractivity contribution in [2.45, 2.75) is 50.1 Å². The molecule has 9 heteroatoms. The van der Waals surface area contributed by atoms with Gasteiger partial charge in [0.25, 0.3) is 0 Å². The van der Waals surface area contributed by atoms with Gasteiger partial charge in [0.15, 0.2) is 0 Å². The molecule has 8 nitrogen and oxygen atoms in total. The highest BCUT2D eigenvalue weighted by Crippen LogP contribution is 2.20. The van der Waals surface area contributed by atoms with Crippen molar-refractivity contribution >= 4 is 23.6 Å². The molecular weight excluding hydrogens is 294 g/mol. The van der Waals surface area contributed by atoms with E-state index >= 15 is 0 Å². The van der Waals surface area contributed by atoms with Gasteiger partial charge in [0.05, 0.1) is 12.4 Å². The molecule has 1 rings (SSSR count). The SMILES string of the molecule is CCCCCNC(=O)C(C)Sc1nnnn1CC(=O)OC. The number of carbonyl (C=O) groups excluding carboxylic acids is 2. The molecule has 0 saturated heterocycles. The number of esters is 1. The average Bonchev–Trinajstić information content (AvgIpc) is 2.90. The summed E-state index contributed by atoms with van der Waals surface area (Å²) in [4.78, 5) is 23.1. The monoisotopic (exact) mass is 315 g/mol. The number of aromatic nitrogens is 4. The third kappa shape index (κ3) is 6.11. The van der Waals surface area contributed by atoms with Gasteiger partial charge in [-0.25, -0.2) is 4.68 Å². The van der Waals surface area contributed by atoms with Crippen LogP contribution in [0.25, 0.3) is 0 Å². The molecule has 1 amide bonds. The van der Waals surface area contributed by atoms with E-state index < -0.39 is 5.97 Å². The van der Waals surface area contributed by atoms with Gasteiger partial charge >= 0.3 is 5.97 Å². The number of hydrogen-bond donors (Lipinski definition) is 1. The van der Waals surface area contributed by atoms with Crippen molar-refractivity contribution in [3.8, 4) is 0 Å². The van der Waals surface area contributed by atoms with Crippen LogP contribution in [0.5, 0.6) is 0 Å². The quantitative estimate of drug-likeness (QED) is 0.405. The van der Waals surface area contributed by atoms with Gasteiger partial charge in [-0.15, -0.1) is 5.10 Å². The van der Waals surface area contributed by atoms with E-state index in [9.17, 15) is 9.59 Å². The molecule has 1 N–H and O–H groups in total. The first-order chi connectivity index (χ1) is 10.1. The number of hydrogen-bond acceptors (Lipinski definition) is 7. The highest BCUT2D eigenvalue weighted by Gasteiger charge is 2.19. The first kappa shape index (κ1) is 17.4. The molecule has 1 aromatic rings. The molecule has 118 valence electrons. The van der Waals surface area contributed by atoms with Crippen molar-refractivity contribution in [1.29, 1.82) is 0 Å². The first-order valence-electron chi connectivity index (χ1n) is 6.85. The van der Waals surface area contributed by atoms with Crippen LogP contribution in [0, 0.1) is 0 Å². The van der Waals surface area contributed by atoms with E-state index in [2.05, 4.69) is 32.5 Å². The van der Waals surface area contributed by atoms with Crippen LogP contribution in [0.4, 0.5) is 0 Å². The van der Waals surface area contributed by atoms with Gasteiger partial charge in [-0.05, 0) is 23.8 Å². The molecule has 0 aliphatic rings. The van der Waals surface area contributed by atoms with Crippen molar-refractivity contribution in [2.75, 3.05) is 13.7 Å². The van der Waals surface area contributed by atoms with Crippen molar-refractivity contribution in [2.24, 2.45) is 0 Å². The van der Waals surface area contributed by atoms with Crippen molar-refractivity contribution in [1.82, 2.24) is 25.5 Å². The van der Waals surface area contributed by atoms with E-state index in [-0.39, 0.29) is 17.7 Å². The number of ether oxygens (including phenoxy) is 1. The zero-order valence-corrected chi connectivity index (χ0v) is 13.4. The summed E-state index contributed by atoms with van der Waals surface area (Å²) in [5.41, 5.74) is 0. The number of amides is 1. The van der Waals surface area contributed by atoms with Crippen LogP contribution in [0.2, 0.25) is 0 Å². The Morgan fingerprint density at radius 2 is 2.19 bits per heavy atom. The standard InChI is InChI=1S/C12H21N5O3S/c1-4-5-6-7-13-11(19)9(2)21-12-14-15-16-17(12)8-10(18)20-3/h9H,4-8H2,1-3H3,(H,13,19). The Morgan fingerprint density at radius 3 is 2.86 bits per heavy atom. The molecule has 1 heterocycles. The maximum atomic E-state index is 11.9. The zero-order chi connectivity index (χ0) is 15.7. The number of thioether (sulfide) groups is 1. The highest BCUT2D eigenvalue weighted by atomic mass is 32.2. The number of tetrazole rings is 1. The molecule has 1 unspecified atom stereocenters. The smallest absolute Gasteiger partial charge is 0.327 e. The number of carbonyl (C=O) groups is 2. The van der Waals surface area contributed by atoms with Crippen LogP contribution in [-0.2, 0) is 20.9 Å². The van der Waals surface area contributed by atoms with Gasteiger partial charge in [-0.2, -0.15) is 0 Å². The van der Waals surface area contributed by atoms with Gasteiger partial charge in [0, 0.05) is 6.54 Å². The first-order valence-corrected chi connectivity index (χ1v) is 7.73. The second-order valence-electron chi connectivity index (χ2n) is 4.45. The van der Waals surface area contributed by atoms with Crippen LogP contribution >= 0.6 is 11.8 Å². The summed E-state index contributed by atoms with van der Waals surface area (Å²) in [6, 6.07) is 0.